The fourth-order valence-corrected chi connectivity index (χ4v) is 2.36. The molecule has 0 amide bonds. The topological polar surface area (TPSA) is 81.1 Å². The van der Waals surface area contributed by atoms with Crippen LogP contribution < -0.4 is 10.6 Å². The van der Waals surface area contributed by atoms with E-state index in [0.29, 0.717) is 11.7 Å². The Morgan fingerprint density at radius 3 is 3.11 bits per heavy atom. The predicted molar refractivity (Wildman–Crippen MR) is 71.7 cm³/mol. The molecule has 2 aromatic rings. The third-order valence-electron chi connectivity index (χ3n) is 3.30. The molecular formula is C13H17N5O. The number of rotatable bonds is 2. The number of hydrogen-bond acceptors (Lipinski definition) is 6. The molecule has 100 valence electrons. The highest BCUT2D eigenvalue weighted by Gasteiger charge is 2.18. The van der Waals surface area contributed by atoms with Gasteiger partial charge in [0.2, 0.25) is 0 Å². The van der Waals surface area contributed by atoms with Crippen LogP contribution in [-0.2, 0) is 0 Å². The van der Waals surface area contributed by atoms with E-state index in [-0.39, 0.29) is 6.04 Å². The van der Waals surface area contributed by atoms with Crippen molar-refractivity contribution in [3.63, 3.8) is 0 Å². The molecule has 1 fully saturated rings. The summed E-state index contributed by atoms with van der Waals surface area (Å²) in [5, 5.41) is 3.81. The van der Waals surface area contributed by atoms with Gasteiger partial charge in [0.15, 0.2) is 5.82 Å². The SMILES string of the molecule is Cc1noc(-c2ccnc(N3CCCC(N)C3)c2)n1. The van der Waals surface area contributed by atoms with Crippen LogP contribution in [0.25, 0.3) is 11.5 Å². The molecule has 1 saturated heterocycles. The van der Waals surface area contributed by atoms with Crippen molar-refractivity contribution in [2.45, 2.75) is 25.8 Å². The highest BCUT2D eigenvalue weighted by molar-refractivity contribution is 5.58. The van der Waals surface area contributed by atoms with Crippen molar-refractivity contribution in [1.82, 2.24) is 15.1 Å². The molecule has 6 heteroatoms. The van der Waals surface area contributed by atoms with Gasteiger partial charge < -0.3 is 15.2 Å². The van der Waals surface area contributed by atoms with Gasteiger partial charge in [-0.05, 0) is 31.9 Å². The number of aryl methyl sites for hydroxylation is 1. The third kappa shape index (κ3) is 2.58. The fraction of sp³-hybridized carbons (Fsp3) is 0.462. The summed E-state index contributed by atoms with van der Waals surface area (Å²) in [4.78, 5) is 10.9. The molecule has 3 rings (SSSR count). The number of aromatic nitrogens is 3. The summed E-state index contributed by atoms with van der Waals surface area (Å²) in [6.45, 7) is 3.64. The summed E-state index contributed by atoms with van der Waals surface area (Å²) >= 11 is 0. The Hall–Kier alpha value is -1.95. The second-order valence-corrected chi connectivity index (χ2v) is 4.90. The minimum atomic E-state index is 0.227. The molecular weight excluding hydrogens is 242 g/mol. The van der Waals surface area contributed by atoms with Crippen molar-refractivity contribution in [1.29, 1.82) is 0 Å². The van der Waals surface area contributed by atoms with Gasteiger partial charge in [0, 0.05) is 30.9 Å². The van der Waals surface area contributed by atoms with Gasteiger partial charge in [-0.25, -0.2) is 4.98 Å². The standard InChI is InChI=1S/C13H17N5O/c1-9-16-13(19-17-9)10-4-5-15-12(7-10)18-6-2-3-11(14)8-18/h4-5,7,11H,2-3,6,8,14H2,1H3. The molecule has 0 radical (unpaired) electrons. The minimum Gasteiger partial charge on any atom is -0.355 e. The zero-order chi connectivity index (χ0) is 13.2. The molecule has 1 atom stereocenters. The Bertz CT molecular complexity index is 568. The summed E-state index contributed by atoms with van der Waals surface area (Å²) in [5.41, 5.74) is 6.90. The average molecular weight is 259 g/mol. The third-order valence-corrected chi connectivity index (χ3v) is 3.30. The van der Waals surface area contributed by atoms with Gasteiger partial charge in [0.25, 0.3) is 5.89 Å². The Labute approximate surface area is 111 Å². The summed E-state index contributed by atoms with van der Waals surface area (Å²) < 4.78 is 5.18. The molecule has 0 spiro atoms. The van der Waals surface area contributed by atoms with E-state index in [1.165, 1.54) is 0 Å². The van der Waals surface area contributed by atoms with Gasteiger partial charge >= 0.3 is 0 Å². The minimum absolute atomic E-state index is 0.227. The highest BCUT2D eigenvalue weighted by atomic mass is 16.5. The molecule has 0 aliphatic carbocycles. The quantitative estimate of drug-likeness (QED) is 0.877. The monoisotopic (exact) mass is 259 g/mol. The second-order valence-electron chi connectivity index (χ2n) is 4.90. The van der Waals surface area contributed by atoms with Crippen molar-refractivity contribution >= 4 is 5.82 Å². The molecule has 0 aromatic carbocycles. The van der Waals surface area contributed by atoms with Crippen LogP contribution in [0.15, 0.2) is 22.9 Å². The van der Waals surface area contributed by atoms with Gasteiger partial charge in [-0.15, -0.1) is 0 Å². The lowest BCUT2D eigenvalue weighted by Crippen LogP contribution is -2.43. The number of nitrogens with two attached hydrogens (primary N) is 1. The molecule has 1 aliphatic heterocycles. The van der Waals surface area contributed by atoms with Crippen LogP contribution in [0.5, 0.6) is 0 Å². The summed E-state index contributed by atoms with van der Waals surface area (Å²) in [6.07, 6.45) is 3.95. The number of hydrogen-bond donors (Lipinski definition) is 1. The lowest BCUT2D eigenvalue weighted by atomic mass is 10.1. The van der Waals surface area contributed by atoms with E-state index < -0.39 is 0 Å². The van der Waals surface area contributed by atoms with E-state index in [9.17, 15) is 0 Å². The Morgan fingerprint density at radius 1 is 1.47 bits per heavy atom. The number of piperidine rings is 1. The molecule has 1 aliphatic rings. The Balaban J connectivity index is 1.87. The molecule has 6 nitrogen and oxygen atoms in total. The van der Waals surface area contributed by atoms with Gasteiger partial charge in [-0.2, -0.15) is 4.98 Å². The largest absolute Gasteiger partial charge is 0.355 e. The van der Waals surface area contributed by atoms with Gasteiger partial charge in [0.05, 0.1) is 0 Å². The van der Waals surface area contributed by atoms with E-state index in [1.807, 2.05) is 12.1 Å². The highest BCUT2D eigenvalue weighted by Crippen LogP contribution is 2.23. The van der Waals surface area contributed by atoms with E-state index in [2.05, 4.69) is 20.0 Å². The van der Waals surface area contributed by atoms with Crippen molar-refractivity contribution < 1.29 is 4.52 Å². The lowest BCUT2D eigenvalue weighted by Gasteiger charge is -2.31. The number of anilines is 1. The maximum atomic E-state index is 6.00. The van der Waals surface area contributed by atoms with Crippen LogP contribution in [0.1, 0.15) is 18.7 Å². The van der Waals surface area contributed by atoms with Crippen molar-refractivity contribution in [3.05, 3.63) is 24.2 Å². The number of pyridine rings is 1. The van der Waals surface area contributed by atoms with Crippen LogP contribution in [0, 0.1) is 6.92 Å². The van der Waals surface area contributed by atoms with Crippen LogP contribution in [0.4, 0.5) is 5.82 Å². The normalized spacial score (nSPS) is 19.7. The molecule has 2 aromatic heterocycles. The average Bonchev–Trinajstić information content (AvgIpc) is 2.86. The van der Waals surface area contributed by atoms with E-state index in [4.69, 9.17) is 10.3 Å². The molecule has 19 heavy (non-hydrogen) atoms. The maximum absolute atomic E-state index is 6.00. The first-order chi connectivity index (χ1) is 9.22. The lowest BCUT2D eigenvalue weighted by molar-refractivity contribution is 0.425. The Morgan fingerprint density at radius 2 is 2.37 bits per heavy atom. The number of nitrogens with zero attached hydrogens (tertiary/aromatic N) is 4. The smallest absolute Gasteiger partial charge is 0.258 e. The van der Waals surface area contributed by atoms with Crippen LogP contribution >= 0.6 is 0 Å². The summed E-state index contributed by atoms with van der Waals surface area (Å²) in [7, 11) is 0. The first-order valence-corrected chi connectivity index (χ1v) is 6.49. The zero-order valence-corrected chi connectivity index (χ0v) is 10.9. The first-order valence-electron chi connectivity index (χ1n) is 6.49. The van der Waals surface area contributed by atoms with Gasteiger partial charge in [-0.3, -0.25) is 0 Å². The maximum Gasteiger partial charge on any atom is 0.258 e. The summed E-state index contributed by atoms with van der Waals surface area (Å²) in [6, 6.07) is 4.08. The second kappa shape index (κ2) is 4.97. The van der Waals surface area contributed by atoms with Crippen LogP contribution in [0.2, 0.25) is 0 Å². The zero-order valence-electron chi connectivity index (χ0n) is 10.9. The van der Waals surface area contributed by atoms with Gasteiger partial charge in [0.1, 0.15) is 5.82 Å². The van der Waals surface area contributed by atoms with E-state index in [0.717, 1.165) is 37.3 Å². The van der Waals surface area contributed by atoms with Crippen molar-refractivity contribution in [3.8, 4) is 11.5 Å². The van der Waals surface area contributed by atoms with E-state index >= 15 is 0 Å². The van der Waals surface area contributed by atoms with Gasteiger partial charge in [-0.1, -0.05) is 5.16 Å². The van der Waals surface area contributed by atoms with Crippen molar-refractivity contribution in [2.24, 2.45) is 5.73 Å². The predicted octanol–water partition coefficient (Wildman–Crippen LogP) is 1.37. The molecule has 0 saturated carbocycles. The molecule has 3 heterocycles. The molecule has 1 unspecified atom stereocenters. The molecule has 0 bridgehead atoms. The van der Waals surface area contributed by atoms with Crippen LogP contribution in [-0.4, -0.2) is 34.3 Å². The first kappa shape index (κ1) is 12.1. The molecule has 2 N–H and O–H groups in total. The Kier molecular flexibility index (Phi) is 3.16. The van der Waals surface area contributed by atoms with Crippen molar-refractivity contribution in [2.75, 3.05) is 18.0 Å². The van der Waals surface area contributed by atoms with Crippen LogP contribution in [0.3, 0.4) is 0 Å². The van der Waals surface area contributed by atoms with E-state index in [1.54, 1.807) is 13.1 Å². The summed E-state index contributed by atoms with van der Waals surface area (Å²) in [5.74, 6) is 2.08. The fourth-order valence-electron chi connectivity index (χ4n) is 2.36.